The van der Waals surface area contributed by atoms with Gasteiger partial charge in [0.05, 0.1) is 17.2 Å². The lowest BCUT2D eigenvalue weighted by Gasteiger charge is -2.31. The molecule has 4 rings (SSSR count). The van der Waals surface area contributed by atoms with Crippen LogP contribution in [-0.4, -0.2) is 41.8 Å². The van der Waals surface area contributed by atoms with Crippen molar-refractivity contribution in [1.29, 1.82) is 0 Å². The molecular weight excluding hydrogens is 536 g/mol. The van der Waals surface area contributed by atoms with Gasteiger partial charge in [0.15, 0.2) is 6.61 Å². The first-order valence-corrected chi connectivity index (χ1v) is 11.6. The lowest BCUT2D eigenvalue weighted by Crippen LogP contribution is -2.35. The number of carbonyl (C=O) groups is 2. The molecule has 0 fully saturated rings. The Balaban J connectivity index is 1.64. The van der Waals surface area contributed by atoms with E-state index in [0.717, 1.165) is 12.3 Å². The lowest BCUT2D eigenvalue weighted by molar-refractivity contribution is -0.154. The topological polar surface area (TPSA) is 89.0 Å². The van der Waals surface area contributed by atoms with Crippen LogP contribution in [-0.2, 0) is 4.79 Å². The molecule has 1 N–H and O–H groups in total. The van der Waals surface area contributed by atoms with Gasteiger partial charge in [-0.3, -0.25) is 4.79 Å². The van der Waals surface area contributed by atoms with E-state index in [1.165, 1.54) is 55.3 Å². The Bertz CT molecular complexity index is 1380. The minimum Gasteiger partial charge on any atom is -0.482 e. The fourth-order valence-corrected chi connectivity index (χ4v) is 4.64. The maximum absolute atomic E-state index is 14.3. The Morgan fingerprint density at radius 1 is 1.16 bits per heavy atom. The fraction of sp³-hybridized carbons (Fsp3) is 0.240. The van der Waals surface area contributed by atoms with Crippen molar-refractivity contribution in [2.45, 2.75) is 24.9 Å². The second-order valence-corrected chi connectivity index (χ2v) is 9.19. The van der Waals surface area contributed by atoms with Crippen molar-refractivity contribution in [2.24, 2.45) is 0 Å². The number of fused-ring (bicyclic) bond motifs is 1. The smallest absolute Gasteiger partial charge is 0.396 e. The van der Waals surface area contributed by atoms with Crippen LogP contribution in [0.4, 0.5) is 18.9 Å². The Kier molecular flexibility index (Phi) is 7.25. The van der Waals surface area contributed by atoms with Gasteiger partial charge in [0.2, 0.25) is 5.88 Å². The zero-order chi connectivity index (χ0) is 27.1. The molecule has 37 heavy (non-hydrogen) atoms. The van der Waals surface area contributed by atoms with Gasteiger partial charge < -0.3 is 19.5 Å². The largest absolute Gasteiger partial charge is 0.482 e. The number of likely N-dealkylation sites (N-methyl/N-ethyl adjacent to an activating group) is 1. The number of halogens is 5. The summed E-state index contributed by atoms with van der Waals surface area (Å²) in [7, 11) is 1.48. The summed E-state index contributed by atoms with van der Waals surface area (Å²) in [4.78, 5) is 28.1. The van der Waals surface area contributed by atoms with Crippen molar-refractivity contribution in [3.8, 4) is 17.4 Å². The average Bonchev–Trinajstić information content (AvgIpc) is 2.82. The molecule has 0 aliphatic carbocycles. The SMILES string of the molecule is CC(c1ccc(Oc2ncc(C(=O)O)cc2Cl)cc1Cl)C(c1ccc2c(c1)N(C)C(=O)CO2)C(F)(F)F. The van der Waals surface area contributed by atoms with E-state index in [0.29, 0.717) is 5.75 Å². The first-order valence-electron chi connectivity index (χ1n) is 10.8. The van der Waals surface area contributed by atoms with Gasteiger partial charge in [0, 0.05) is 18.3 Å². The summed E-state index contributed by atoms with van der Waals surface area (Å²) < 4.78 is 53.9. The summed E-state index contributed by atoms with van der Waals surface area (Å²) in [5.41, 5.74) is 0.287. The predicted molar refractivity (Wildman–Crippen MR) is 130 cm³/mol. The Morgan fingerprint density at radius 2 is 1.89 bits per heavy atom. The Hall–Kier alpha value is -3.50. The monoisotopic (exact) mass is 554 g/mol. The molecule has 1 aromatic heterocycles. The van der Waals surface area contributed by atoms with Crippen LogP contribution in [0.5, 0.6) is 17.4 Å². The van der Waals surface area contributed by atoms with Gasteiger partial charge >= 0.3 is 12.1 Å². The van der Waals surface area contributed by atoms with Crippen molar-refractivity contribution >= 4 is 40.8 Å². The highest BCUT2D eigenvalue weighted by atomic mass is 35.5. The van der Waals surface area contributed by atoms with E-state index in [9.17, 15) is 22.8 Å². The van der Waals surface area contributed by atoms with Crippen LogP contribution in [0, 0.1) is 0 Å². The number of anilines is 1. The molecule has 0 bridgehead atoms. The number of aromatic carboxylic acids is 1. The highest BCUT2D eigenvalue weighted by Crippen LogP contribution is 2.48. The maximum atomic E-state index is 14.3. The van der Waals surface area contributed by atoms with Crippen molar-refractivity contribution in [3.63, 3.8) is 0 Å². The van der Waals surface area contributed by atoms with Crippen LogP contribution in [0.2, 0.25) is 10.0 Å². The highest BCUT2D eigenvalue weighted by molar-refractivity contribution is 6.32. The van der Waals surface area contributed by atoms with Gasteiger partial charge in [-0.25, -0.2) is 9.78 Å². The van der Waals surface area contributed by atoms with E-state index in [1.54, 1.807) is 0 Å². The normalized spacial score (nSPS) is 15.0. The van der Waals surface area contributed by atoms with Gasteiger partial charge in [0.25, 0.3) is 5.91 Å². The summed E-state index contributed by atoms with van der Waals surface area (Å²) in [6.07, 6.45) is -3.57. The van der Waals surface area contributed by atoms with E-state index in [4.69, 9.17) is 37.8 Å². The van der Waals surface area contributed by atoms with Crippen LogP contribution in [0.1, 0.15) is 40.2 Å². The van der Waals surface area contributed by atoms with E-state index < -0.39 is 24.0 Å². The average molecular weight is 555 g/mol. The van der Waals surface area contributed by atoms with Crippen LogP contribution in [0.3, 0.4) is 0 Å². The van der Waals surface area contributed by atoms with Crippen molar-refractivity contribution in [1.82, 2.24) is 4.98 Å². The number of nitrogens with zero attached hydrogens (tertiary/aromatic N) is 2. The number of benzene rings is 2. The van der Waals surface area contributed by atoms with Crippen LogP contribution in [0.15, 0.2) is 48.7 Å². The molecule has 0 spiro atoms. The summed E-state index contributed by atoms with van der Waals surface area (Å²) in [5, 5.41) is 8.97. The number of carboxylic acid groups (broad SMARTS) is 1. The summed E-state index contributed by atoms with van der Waals surface area (Å²) >= 11 is 12.4. The molecule has 3 aromatic rings. The molecule has 1 aliphatic heterocycles. The minimum atomic E-state index is -4.63. The van der Waals surface area contributed by atoms with E-state index in [1.807, 2.05) is 0 Å². The van der Waals surface area contributed by atoms with Gasteiger partial charge in [-0.2, -0.15) is 13.2 Å². The van der Waals surface area contributed by atoms with Crippen molar-refractivity contribution in [3.05, 3.63) is 75.4 Å². The maximum Gasteiger partial charge on any atom is 0.396 e. The van der Waals surface area contributed by atoms with Crippen LogP contribution >= 0.6 is 23.2 Å². The number of ether oxygens (including phenoxy) is 2. The first-order chi connectivity index (χ1) is 17.4. The van der Waals surface area contributed by atoms with Crippen molar-refractivity contribution < 1.29 is 37.3 Å². The minimum absolute atomic E-state index is 0.0196. The van der Waals surface area contributed by atoms with Crippen molar-refractivity contribution in [2.75, 3.05) is 18.6 Å². The molecule has 2 unspecified atom stereocenters. The molecule has 2 atom stereocenters. The number of alkyl halides is 3. The summed E-state index contributed by atoms with van der Waals surface area (Å²) in [6.45, 7) is 1.23. The number of hydrogen-bond acceptors (Lipinski definition) is 5. The molecule has 12 heteroatoms. The van der Waals surface area contributed by atoms with Gasteiger partial charge in [-0.1, -0.05) is 42.3 Å². The van der Waals surface area contributed by atoms with Crippen LogP contribution in [0.25, 0.3) is 0 Å². The standard InChI is InChI=1S/C25H19Cl2F3N2O5/c1-12(22(25(28,29)30)13-3-6-20-19(8-13)32(2)21(33)11-36-20)16-5-4-15(9-17(16)26)37-23-18(27)7-14(10-31-23)24(34)35/h3-10,12,22H,11H2,1-2H3,(H,34,35). The second-order valence-electron chi connectivity index (χ2n) is 8.38. The third kappa shape index (κ3) is 5.45. The third-order valence-corrected chi connectivity index (χ3v) is 6.61. The fourth-order valence-electron chi connectivity index (χ4n) is 4.09. The van der Waals surface area contributed by atoms with Gasteiger partial charge in [-0.05, 0) is 47.4 Å². The molecule has 1 aliphatic rings. The van der Waals surface area contributed by atoms with E-state index in [-0.39, 0.29) is 56.6 Å². The second kappa shape index (κ2) is 10.1. The molecular formula is C25H19Cl2F3N2O5. The molecule has 194 valence electrons. The first kappa shape index (κ1) is 26.6. The number of rotatable bonds is 6. The quantitative estimate of drug-likeness (QED) is 0.365. The van der Waals surface area contributed by atoms with Gasteiger partial charge in [0.1, 0.15) is 16.5 Å². The van der Waals surface area contributed by atoms with E-state index >= 15 is 0 Å². The number of carboxylic acids is 1. The predicted octanol–water partition coefficient (Wildman–Crippen LogP) is 6.68. The van der Waals surface area contributed by atoms with Crippen LogP contribution < -0.4 is 14.4 Å². The number of hydrogen-bond donors (Lipinski definition) is 1. The number of carbonyl (C=O) groups excluding carboxylic acids is 1. The lowest BCUT2D eigenvalue weighted by atomic mass is 9.81. The Morgan fingerprint density at radius 3 is 2.51 bits per heavy atom. The van der Waals surface area contributed by atoms with E-state index in [2.05, 4.69) is 4.98 Å². The number of aromatic nitrogens is 1. The zero-order valence-corrected chi connectivity index (χ0v) is 20.9. The highest BCUT2D eigenvalue weighted by Gasteiger charge is 2.45. The molecule has 0 saturated carbocycles. The molecule has 1 amide bonds. The number of pyridine rings is 1. The molecule has 0 saturated heterocycles. The Labute approximate surface area is 219 Å². The number of amides is 1. The zero-order valence-electron chi connectivity index (χ0n) is 19.3. The molecule has 2 heterocycles. The molecule has 2 aromatic carbocycles. The van der Waals surface area contributed by atoms with Gasteiger partial charge in [-0.15, -0.1) is 0 Å². The summed E-state index contributed by atoms with van der Waals surface area (Å²) in [5.74, 6) is -4.26. The molecule has 7 nitrogen and oxygen atoms in total. The summed E-state index contributed by atoms with van der Waals surface area (Å²) in [6, 6.07) is 9.38. The molecule has 0 radical (unpaired) electrons. The third-order valence-electron chi connectivity index (χ3n) is 6.01.